The fraction of sp³-hybridized carbons (Fsp3) is 0.179. The summed E-state index contributed by atoms with van der Waals surface area (Å²) in [6.45, 7) is 3.90. The number of furan rings is 1. The highest BCUT2D eigenvalue weighted by molar-refractivity contribution is 6.16. The molecule has 1 aromatic heterocycles. The average molecular weight is 440 g/mol. The van der Waals surface area contributed by atoms with Crippen molar-refractivity contribution in [1.82, 2.24) is 0 Å². The van der Waals surface area contributed by atoms with Gasteiger partial charge in [-0.2, -0.15) is 0 Å². The van der Waals surface area contributed by atoms with Gasteiger partial charge in [-0.3, -0.25) is 4.79 Å². The third-order valence-corrected chi connectivity index (χ3v) is 6.12. The first-order chi connectivity index (χ1) is 16.0. The van der Waals surface area contributed by atoms with Gasteiger partial charge < -0.3 is 18.6 Å². The van der Waals surface area contributed by atoms with E-state index in [2.05, 4.69) is 0 Å². The highest BCUT2D eigenvalue weighted by Crippen LogP contribution is 2.44. The van der Waals surface area contributed by atoms with Crippen LogP contribution in [0, 0.1) is 13.8 Å². The summed E-state index contributed by atoms with van der Waals surface area (Å²) in [5.74, 6) is 2.01. The molecule has 0 spiro atoms. The maximum Gasteiger partial charge on any atom is 0.196 e. The molecule has 5 heteroatoms. The molecule has 0 N–H and O–H groups in total. The van der Waals surface area contributed by atoms with Gasteiger partial charge in [0.25, 0.3) is 0 Å². The summed E-state index contributed by atoms with van der Waals surface area (Å²) in [5.41, 5.74) is 5.43. The van der Waals surface area contributed by atoms with Crippen LogP contribution in [0.2, 0.25) is 0 Å². The summed E-state index contributed by atoms with van der Waals surface area (Å²) in [5, 5.41) is 0.926. The van der Waals surface area contributed by atoms with Crippen molar-refractivity contribution in [1.29, 1.82) is 0 Å². The Labute approximate surface area is 192 Å². The Morgan fingerprint density at radius 3 is 2.18 bits per heavy atom. The van der Waals surface area contributed by atoms with E-state index >= 15 is 0 Å². The van der Waals surface area contributed by atoms with Gasteiger partial charge in [0.05, 0.1) is 26.0 Å². The zero-order chi connectivity index (χ0) is 23.1. The normalized spacial score (nSPS) is 16.5. The van der Waals surface area contributed by atoms with Crippen molar-refractivity contribution in [2.45, 2.75) is 20.0 Å². The maximum absolute atomic E-state index is 13.9. The molecule has 0 saturated heterocycles. The van der Waals surface area contributed by atoms with Crippen LogP contribution in [0.4, 0.5) is 0 Å². The molecule has 0 aliphatic carbocycles. The third-order valence-electron chi connectivity index (χ3n) is 6.12. The number of ether oxygens (including phenoxy) is 3. The summed E-state index contributed by atoms with van der Waals surface area (Å²) < 4.78 is 22.9. The number of hydrogen-bond acceptors (Lipinski definition) is 5. The van der Waals surface area contributed by atoms with Crippen molar-refractivity contribution in [3.63, 3.8) is 0 Å². The molecule has 2 heterocycles. The number of rotatable bonds is 4. The predicted octanol–water partition coefficient (Wildman–Crippen LogP) is 6.47. The first-order valence-corrected chi connectivity index (χ1v) is 10.7. The molecule has 0 saturated carbocycles. The number of ketones is 1. The molecular weight excluding hydrogens is 416 g/mol. The van der Waals surface area contributed by atoms with E-state index in [0.29, 0.717) is 16.9 Å². The summed E-state index contributed by atoms with van der Waals surface area (Å²) >= 11 is 0. The molecule has 5 nitrogen and oxygen atoms in total. The summed E-state index contributed by atoms with van der Waals surface area (Å²) in [4.78, 5) is 13.9. The monoisotopic (exact) mass is 440 g/mol. The molecule has 5 rings (SSSR count). The molecule has 3 aromatic carbocycles. The molecular formula is C28H24O5. The molecule has 1 atom stereocenters. The second kappa shape index (κ2) is 8.17. The first kappa shape index (κ1) is 20.9. The Kier molecular flexibility index (Phi) is 5.17. The largest absolute Gasteiger partial charge is 0.497 e. The molecule has 0 fully saturated rings. The second-order valence-corrected chi connectivity index (χ2v) is 8.15. The van der Waals surface area contributed by atoms with Crippen molar-refractivity contribution in [2.24, 2.45) is 0 Å². The molecule has 0 amide bonds. The molecule has 1 aliphatic rings. The number of hydrogen-bond donors (Lipinski definition) is 0. The Morgan fingerprint density at radius 1 is 0.909 bits per heavy atom. The number of methoxy groups -OCH3 is 2. The van der Waals surface area contributed by atoms with E-state index in [1.165, 1.54) is 0 Å². The quantitative estimate of drug-likeness (QED) is 0.341. The van der Waals surface area contributed by atoms with Crippen LogP contribution in [-0.2, 0) is 0 Å². The van der Waals surface area contributed by atoms with E-state index in [1.807, 2.05) is 74.5 Å². The Balaban J connectivity index is 1.69. The summed E-state index contributed by atoms with van der Waals surface area (Å²) in [6.07, 6.45) is 3.04. The molecule has 33 heavy (non-hydrogen) atoms. The van der Waals surface area contributed by atoms with Crippen molar-refractivity contribution >= 4 is 22.8 Å². The number of Topliss-reactive ketones (excluding diaryl/α,β-unsaturated/α-hetero) is 1. The van der Waals surface area contributed by atoms with Crippen LogP contribution in [0.3, 0.4) is 0 Å². The molecule has 1 aliphatic heterocycles. The zero-order valence-electron chi connectivity index (χ0n) is 19.0. The predicted molar refractivity (Wildman–Crippen MR) is 127 cm³/mol. The SMILES string of the molecule is COc1ccc(/C=C2/C(=O)c3cc4c(C)coc4c(C)c3OC2c2ccc(OC)cc2)cc1. The van der Waals surface area contributed by atoms with Crippen LogP contribution in [0.15, 0.2) is 70.9 Å². The van der Waals surface area contributed by atoms with E-state index in [1.54, 1.807) is 20.5 Å². The minimum Gasteiger partial charge on any atom is -0.497 e. The zero-order valence-corrected chi connectivity index (χ0v) is 19.0. The van der Waals surface area contributed by atoms with Gasteiger partial charge in [0.2, 0.25) is 0 Å². The molecule has 166 valence electrons. The highest BCUT2D eigenvalue weighted by atomic mass is 16.5. The van der Waals surface area contributed by atoms with Gasteiger partial charge in [-0.05, 0) is 66.9 Å². The van der Waals surface area contributed by atoms with E-state index in [0.717, 1.165) is 44.7 Å². The fourth-order valence-corrected chi connectivity index (χ4v) is 4.26. The Morgan fingerprint density at radius 2 is 1.55 bits per heavy atom. The van der Waals surface area contributed by atoms with Crippen LogP contribution in [0.25, 0.3) is 17.0 Å². The average Bonchev–Trinajstić information content (AvgIpc) is 3.22. The second-order valence-electron chi connectivity index (χ2n) is 8.15. The summed E-state index contributed by atoms with van der Waals surface area (Å²) in [7, 11) is 3.25. The van der Waals surface area contributed by atoms with Crippen molar-refractivity contribution in [2.75, 3.05) is 14.2 Å². The van der Waals surface area contributed by atoms with Gasteiger partial charge >= 0.3 is 0 Å². The van der Waals surface area contributed by atoms with Gasteiger partial charge in [-0.15, -0.1) is 0 Å². The number of carbonyl (C=O) groups excluding carboxylic acids is 1. The van der Waals surface area contributed by atoms with Gasteiger partial charge in [0.1, 0.15) is 22.8 Å². The lowest BCUT2D eigenvalue weighted by Gasteiger charge is -2.29. The minimum atomic E-state index is -0.565. The molecule has 0 bridgehead atoms. The van der Waals surface area contributed by atoms with E-state index in [9.17, 15) is 4.79 Å². The molecule has 0 radical (unpaired) electrons. The number of carbonyl (C=O) groups is 1. The smallest absolute Gasteiger partial charge is 0.196 e. The molecule has 4 aromatic rings. The van der Waals surface area contributed by atoms with Crippen molar-refractivity contribution < 1.29 is 23.4 Å². The topological polar surface area (TPSA) is 57.9 Å². The van der Waals surface area contributed by atoms with Gasteiger partial charge in [0.15, 0.2) is 11.9 Å². The maximum atomic E-state index is 13.9. The summed E-state index contributed by atoms with van der Waals surface area (Å²) in [6, 6.07) is 17.1. The van der Waals surface area contributed by atoms with Crippen LogP contribution >= 0.6 is 0 Å². The lowest BCUT2D eigenvalue weighted by atomic mass is 9.87. The standard InChI is InChI=1S/C28H24O5/c1-16-15-32-26-17(2)27-24(14-22(16)26)25(29)23(13-18-5-9-20(30-3)10-6-18)28(33-27)19-7-11-21(31-4)12-8-19/h5-15,28H,1-4H3/b23-13-. The first-order valence-electron chi connectivity index (χ1n) is 10.7. The van der Waals surface area contributed by atoms with Crippen molar-refractivity contribution in [3.8, 4) is 17.2 Å². The van der Waals surface area contributed by atoms with E-state index < -0.39 is 6.10 Å². The number of fused-ring (bicyclic) bond motifs is 2. The molecule has 1 unspecified atom stereocenters. The Hall–Kier alpha value is -3.99. The minimum absolute atomic E-state index is 0.0570. The van der Waals surface area contributed by atoms with E-state index in [-0.39, 0.29) is 5.78 Å². The van der Waals surface area contributed by atoms with Gasteiger partial charge in [0, 0.05) is 16.5 Å². The van der Waals surface area contributed by atoms with Crippen LogP contribution in [0.1, 0.15) is 38.7 Å². The van der Waals surface area contributed by atoms with Crippen LogP contribution in [0.5, 0.6) is 17.2 Å². The Bertz CT molecular complexity index is 1370. The number of benzene rings is 3. The lowest BCUT2D eigenvalue weighted by molar-refractivity contribution is 0.0963. The lowest BCUT2D eigenvalue weighted by Crippen LogP contribution is -2.24. The van der Waals surface area contributed by atoms with Gasteiger partial charge in [-0.1, -0.05) is 24.3 Å². The van der Waals surface area contributed by atoms with Crippen LogP contribution in [-0.4, -0.2) is 20.0 Å². The van der Waals surface area contributed by atoms with E-state index in [4.69, 9.17) is 18.6 Å². The highest BCUT2D eigenvalue weighted by Gasteiger charge is 2.35. The van der Waals surface area contributed by atoms with Gasteiger partial charge in [-0.25, -0.2) is 0 Å². The number of aryl methyl sites for hydroxylation is 2. The fourth-order valence-electron chi connectivity index (χ4n) is 4.26. The van der Waals surface area contributed by atoms with Crippen LogP contribution < -0.4 is 14.2 Å². The van der Waals surface area contributed by atoms with Crippen molar-refractivity contribution in [3.05, 3.63) is 94.3 Å². The third kappa shape index (κ3) is 3.55.